The van der Waals surface area contributed by atoms with Crippen molar-refractivity contribution in [3.05, 3.63) is 38.5 Å². The third kappa shape index (κ3) is 5.71. The highest BCUT2D eigenvalue weighted by molar-refractivity contribution is 7.10. The smallest absolute Gasteiger partial charge is 0.273 e. The maximum Gasteiger partial charge on any atom is 0.273 e. The summed E-state index contributed by atoms with van der Waals surface area (Å²) in [6, 6.07) is 4.31. The Hall–Kier alpha value is -1.77. The molecule has 1 aliphatic carbocycles. The molecular formula is C26H36N4O2S2. The molecular weight excluding hydrogens is 464 g/mol. The minimum absolute atomic E-state index is 0.0744. The van der Waals surface area contributed by atoms with E-state index in [1.165, 1.54) is 24.1 Å². The first-order valence-electron chi connectivity index (χ1n) is 13.0. The van der Waals surface area contributed by atoms with Crippen LogP contribution in [0.25, 0.3) is 0 Å². The van der Waals surface area contributed by atoms with E-state index in [4.69, 9.17) is 4.98 Å². The van der Waals surface area contributed by atoms with Crippen molar-refractivity contribution in [2.24, 2.45) is 5.92 Å². The van der Waals surface area contributed by atoms with Gasteiger partial charge in [-0.3, -0.25) is 14.5 Å². The molecule has 0 spiro atoms. The molecule has 1 saturated carbocycles. The standard InChI is InChI=1S/C26H36N4O2S2/c31-25(21-5-2-1-3-6-21)29-12-8-20(9-13-29)24-27-23(19-34-24)26(32)30-16-14-28(15-17-30)11-10-22-7-4-18-33-22/h4,7,18-21H,1-3,5-6,8-17H2. The first kappa shape index (κ1) is 23.9. The number of thiazole rings is 1. The lowest BCUT2D eigenvalue weighted by molar-refractivity contribution is -0.137. The van der Waals surface area contributed by atoms with Crippen molar-refractivity contribution in [1.82, 2.24) is 19.7 Å². The maximum absolute atomic E-state index is 13.1. The van der Waals surface area contributed by atoms with Crippen LogP contribution in [-0.4, -0.2) is 77.3 Å². The fourth-order valence-corrected chi connectivity index (χ4v) is 7.25. The van der Waals surface area contributed by atoms with Gasteiger partial charge in [-0.05, 0) is 43.6 Å². The number of carbonyl (C=O) groups excluding carboxylic acids is 2. The van der Waals surface area contributed by atoms with Gasteiger partial charge >= 0.3 is 0 Å². The average Bonchev–Trinajstić information content (AvgIpc) is 3.60. The van der Waals surface area contributed by atoms with Crippen LogP contribution in [0.4, 0.5) is 0 Å². The molecule has 34 heavy (non-hydrogen) atoms. The van der Waals surface area contributed by atoms with E-state index >= 15 is 0 Å². The van der Waals surface area contributed by atoms with Gasteiger partial charge in [0.05, 0.1) is 5.01 Å². The minimum Gasteiger partial charge on any atom is -0.342 e. The highest BCUT2D eigenvalue weighted by Gasteiger charge is 2.31. The summed E-state index contributed by atoms with van der Waals surface area (Å²) >= 11 is 3.44. The average molecular weight is 501 g/mol. The van der Waals surface area contributed by atoms with Crippen LogP contribution < -0.4 is 0 Å². The van der Waals surface area contributed by atoms with Crippen molar-refractivity contribution >= 4 is 34.5 Å². The summed E-state index contributed by atoms with van der Waals surface area (Å²) in [4.78, 5) is 38.6. The van der Waals surface area contributed by atoms with E-state index in [-0.39, 0.29) is 11.8 Å². The number of aromatic nitrogens is 1. The number of rotatable bonds is 6. The second kappa shape index (κ2) is 11.3. The molecule has 3 aliphatic rings. The molecule has 8 heteroatoms. The summed E-state index contributed by atoms with van der Waals surface area (Å²) in [5.41, 5.74) is 0.604. The van der Waals surface area contributed by atoms with Gasteiger partial charge in [0.1, 0.15) is 5.69 Å². The molecule has 2 amide bonds. The molecule has 0 bridgehead atoms. The Balaban J connectivity index is 1.08. The van der Waals surface area contributed by atoms with Crippen molar-refractivity contribution in [2.75, 3.05) is 45.8 Å². The summed E-state index contributed by atoms with van der Waals surface area (Å²) in [5, 5.41) is 5.15. The summed E-state index contributed by atoms with van der Waals surface area (Å²) < 4.78 is 0. The summed E-state index contributed by atoms with van der Waals surface area (Å²) in [6.07, 6.45) is 8.83. The molecule has 0 aromatic carbocycles. The summed E-state index contributed by atoms with van der Waals surface area (Å²) in [5.74, 6) is 1.08. The number of carbonyl (C=O) groups is 2. The second-order valence-electron chi connectivity index (χ2n) is 9.97. The Morgan fingerprint density at radius 2 is 1.68 bits per heavy atom. The molecule has 2 aliphatic heterocycles. The number of piperidine rings is 1. The largest absolute Gasteiger partial charge is 0.342 e. The molecule has 2 saturated heterocycles. The Morgan fingerprint density at radius 3 is 2.38 bits per heavy atom. The number of likely N-dealkylation sites (tertiary alicyclic amines) is 1. The molecule has 2 aromatic heterocycles. The number of hydrogen-bond acceptors (Lipinski definition) is 6. The molecule has 0 atom stereocenters. The first-order chi connectivity index (χ1) is 16.7. The topological polar surface area (TPSA) is 56.8 Å². The van der Waals surface area contributed by atoms with Gasteiger partial charge in [0.15, 0.2) is 0 Å². The van der Waals surface area contributed by atoms with E-state index in [0.29, 0.717) is 17.5 Å². The third-order valence-corrected chi connectivity index (χ3v) is 9.71. The van der Waals surface area contributed by atoms with E-state index in [0.717, 1.165) is 82.9 Å². The minimum atomic E-state index is 0.0744. The number of nitrogens with zero attached hydrogens (tertiary/aromatic N) is 4. The normalized spacial score (nSPS) is 21.2. The monoisotopic (exact) mass is 500 g/mol. The zero-order chi connectivity index (χ0) is 23.3. The van der Waals surface area contributed by atoms with Crippen LogP contribution in [-0.2, 0) is 11.2 Å². The maximum atomic E-state index is 13.1. The van der Waals surface area contributed by atoms with E-state index < -0.39 is 0 Å². The lowest BCUT2D eigenvalue weighted by Gasteiger charge is -2.35. The number of piperazine rings is 1. The Kier molecular flexibility index (Phi) is 7.97. The molecule has 3 fully saturated rings. The lowest BCUT2D eigenvalue weighted by atomic mass is 9.87. The fourth-order valence-electron chi connectivity index (χ4n) is 5.59. The highest BCUT2D eigenvalue weighted by atomic mass is 32.1. The Morgan fingerprint density at radius 1 is 0.912 bits per heavy atom. The van der Waals surface area contributed by atoms with Crippen LogP contribution in [0, 0.1) is 5.92 Å². The van der Waals surface area contributed by atoms with Gasteiger partial charge in [-0.15, -0.1) is 22.7 Å². The van der Waals surface area contributed by atoms with Gasteiger partial charge in [-0.2, -0.15) is 0 Å². The summed E-state index contributed by atoms with van der Waals surface area (Å²) in [7, 11) is 0. The third-order valence-electron chi connectivity index (χ3n) is 7.77. The van der Waals surface area contributed by atoms with Crippen LogP contribution in [0.2, 0.25) is 0 Å². The summed E-state index contributed by atoms with van der Waals surface area (Å²) in [6.45, 7) is 6.14. The van der Waals surface area contributed by atoms with Crippen molar-refractivity contribution in [2.45, 2.75) is 57.3 Å². The lowest BCUT2D eigenvalue weighted by Crippen LogP contribution is -2.49. The predicted molar refractivity (Wildman–Crippen MR) is 138 cm³/mol. The predicted octanol–water partition coefficient (Wildman–Crippen LogP) is 4.49. The van der Waals surface area contributed by atoms with Gasteiger partial charge in [0.2, 0.25) is 5.91 Å². The van der Waals surface area contributed by atoms with Crippen molar-refractivity contribution in [3.63, 3.8) is 0 Å². The molecule has 0 radical (unpaired) electrons. The van der Waals surface area contributed by atoms with Gasteiger partial charge in [-0.25, -0.2) is 4.98 Å². The van der Waals surface area contributed by atoms with Crippen molar-refractivity contribution in [3.8, 4) is 0 Å². The van der Waals surface area contributed by atoms with E-state index in [1.54, 1.807) is 11.3 Å². The van der Waals surface area contributed by atoms with E-state index in [2.05, 4.69) is 27.3 Å². The van der Waals surface area contributed by atoms with Crippen LogP contribution in [0.15, 0.2) is 22.9 Å². The molecule has 0 unspecified atom stereocenters. The zero-order valence-electron chi connectivity index (χ0n) is 20.0. The van der Waals surface area contributed by atoms with Gasteiger partial charge in [-0.1, -0.05) is 25.3 Å². The fraction of sp³-hybridized carbons (Fsp3) is 0.654. The first-order valence-corrected chi connectivity index (χ1v) is 14.7. The Bertz CT molecular complexity index is 938. The van der Waals surface area contributed by atoms with Crippen molar-refractivity contribution < 1.29 is 9.59 Å². The molecule has 0 N–H and O–H groups in total. The SMILES string of the molecule is O=C(c1csc(C2CCN(C(=O)C3CCCCC3)CC2)n1)N1CCN(CCc2cccs2)CC1. The van der Waals surface area contributed by atoms with Crippen LogP contribution >= 0.6 is 22.7 Å². The van der Waals surface area contributed by atoms with E-state index in [1.807, 2.05) is 21.6 Å². The van der Waals surface area contributed by atoms with E-state index in [9.17, 15) is 9.59 Å². The van der Waals surface area contributed by atoms with Gasteiger partial charge < -0.3 is 9.80 Å². The van der Waals surface area contributed by atoms with Gasteiger partial charge in [0.25, 0.3) is 5.91 Å². The second-order valence-corrected chi connectivity index (χ2v) is 11.9. The van der Waals surface area contributed by atoms with Crippen LogP contribution in [0.1, 0.15) is 71.2 Å². The van der Waals surface area contributed by atoms with Crippen molar-refractivity contribution in [1.29, 1.82) is 0 Å². The number of hydrogen-bond donors (Lipinski definition) is 0. The molecule has 2 aromatic rings. The number of thiophene rings is 1. The van der Waals surface area contributed by atoms with Crippen LogP contribution in [0.5, 0.6) is 0 Å². The number of amides is 2. The molecule has 184 valence electrons. The Labute approximate surface area is 211 Å². The molecule has 4 heterocycles. The molecule has 6 nitrogen and oxygen atoms in total. The molecule has 5 rings (SSSR count). The zero-order valence-corrected chi connectivity index (χ0v) is 21.6. The highest BCUT2D eigenvalue weighted by Crippen LogP contribution is 2.33. The van der Waals surface area contributed by atoms with Crippen LogP contribution in [0.3, 0.4) is 0 Å². The quantitative estimate of drug-likeness (QED) is 0.586. The van der Waals surface area contributed by atoms with Gasteiger partial charge in [0, 0.05) is 67.9 Å².